The van der Waals surface area contributed by atoms with Crippen LogP contribution in [-0.4, -0.2) is 20.8 Å². The second-order valence-electron chi connectivity index (χ2n) is 9.08. The summed E-state index contributed by atoms with van der Waals surface area (Å²) in [7, 11) is 0. The van der Waals surface area contributed by atoms with Crippen molar-refractivity contribution < 1.29 is 14.1 Å². The van der Waals surface area contributed by atoms with E-state index in [1.54, 1.807) is 18.2 Å². The van der Waals surface area contributed by atoms with Gasteiger partial charge in [0.2, 0.25) is 5.75 Å². The molecule has 0 N–H and O–H groups in total. The van der Waals surface area contributed by atoms with Gasteiger partial charge in [-0.2, -0.15) is 9.78 Å². The number of hydrogen-bond donors (Lipinski definition) is 0. The Kier molecular flexibility index (Phi) is 6.98. The van der Waals surface area contributed by atoms with E-state index in [0.717, 1.165) is 4.47 Å². The van der Waals surface area contributed by atoms with Gasteiger partial charge in [0.15, 0.2) is 0 Å². The number of halogens is 2. The second kappa shape index (κ2) is 9.98. The average Bonchev–Trinajstić information content (AvgIpc) is 2.82. The van der Waals surface area contributed by atoms with E-state index in [9.17, 15) is 19.3 Å². The van der Waals surface area contributed by atoms with Gasteiger partial charge in [-0.1, -0.05) is 54.9 Å². The summed E-state index contributed by atoms with van der Waals surface area (Å²) in [4.78, 5) is 29.2. The van der Waals surface area contributed by atoms with E-state index >= 15 is 0 Å². The molecule has 0 unspecified atom stereocenters. The minimum atomic E-state index is -0.556. The maximum Gasteiger partial charge on any atom is 0.311 e. The largest absolute Gasteiger partial charge is 0.481 e. The summed E-state index contributed by atoms with van der Waals surface area (Å²) in [5, 5.41) is 16.5. The van der Waals surface area contributed by atoms with Crippen LogP contribution in [0.4, 0.5) is 10.1 Å². The molecule has 3 aromatic carbocycles. The summed E-state index contributed by atoms with van der Waals surface area (Å²) >= 11 is 3.38. The SMILES string of the molecule is CC(C)(C)c1nc2ccc(Br)cc2c(=O)n1N=Cc1cccc([N+](=O)[O-])c1OCc1ccc(F)cc1. The summed E-state index contributed by atoms with van der Waals surface area (Å²) in [5.74, 6) is 0.0172. The Hall–Kier alpha value is -3.92. The predicted octanol–water partition coefficient (Wildman–Crippen LogP) is 5.97. The number of fused-ring (bicyclic) bond motifs is 1. The Balaban J connectivity index is 1.81. The number of nitro groups is 1. The molecule has 1 heterocycles. The molecule has 0 amide bonds. The molecule has 10 heteroatoms. The smallest absolute Gasteiger partial charge is 0.311 e. The lowest BCUT2D eigenvalue weighted by Crippen LogP contribution is -2.29. The Morgan fingerprint density at radius 1 is 1.17 bits per heavy atom. The zero-order valence-electron chi connectivity index (χ0n) is 19.7. The highest BCUT2D eigenvalue weighted by Crippen LogP contribution is 2.31. The molecule has 0 spiro atoms. The van der Waals surface area contributed by atoms with Gasteiger partial charge in [-0.05, 0) is 42.0 Å². The van der Waals surface area contributed by atoms with Crippen LogP contribution in [-0.2, 0) is 12.0 Å². The number of rotatable bonds is 6. The van der Waals surface area contributed by atoms with Crippen molar-refractivity contribution in [3.63, 3.8) is 0 Å². The van der Waals surface area contributed by atoms with Crippen LogP contribution >= 0.6 is 15.9 Å². The molecular formula is C26H22BrFN4O4. The van der Waals surface area contributed by atoms with Gasteiger partial charge in [-0.25, -0.2) is 9.37 Å². The third-order valence-corrected chi connectivity index (χ3v) is 5.80. The minimum Gasteiger partial charge on any atom is -0.481 e. The second-order valence-corrected chi connectivity index (χ2v) is 9.99. The van der Waals surface area contributed by atoms with Gasteiger partial charge in [0.05, 0.1) is 22.0 Å². The third kappa shape index (κ3) is 5.33. The van der Waals surface area contributed by atoms with Crippen molar-refractivity contribution in [3.8, 4) is 5.75 Å². The van der Waals surface area contributed by atoms with E-state index in [1.165, 1.54) is 47.3 Å². The lowest BCUT2D eigenvalue weighted by Gasteiger charge is -2.21. The first-order valence-corrected chi connectivity index (χ1v) is 11.8. The van der Waals surface area contributed by atoms with Crippen LogP contribution in [0.2, 0.25) is 0 Å². The topological polar surface area (TPSA) is 99.6 Å². The quantitative estimate of drug-likeness (QED) is 0.167. The predicted molar refractivity (Wildman–Crippen MR) is 139 cm³/mol. The first-order valence-electron chi connectivity index (χ1n) is 11.0. The number of nitro benzene ring substituents is 1. The van der Waals surface area contributed by atoms with Gasteiger partial charge in [-0.15, -0.1) is 0 Å². The zero-order chi connectivity index (χ0) is 26.0. The number of hydrogen-bond acceptors (Lipinski definition) is 6. The van der Waals surface area contributed by atoms with Gasteiger partial charge in [0.25, 0.3) is 5.56 Å². The molecule has 4 aromatic rings. The van der Waals surface area contributed by atoms with Crippen molar-refractivity contribution in [2.75, 3.05) is 0 Å². The number of aromatic nitrogens is 2. The first-order chi connectivity index (χ1) is 17.0. The van der Waals surface area contributed by atoms with Gasteiger partial charge < -0.3 is 4.74 Å². The fourth-order valence-corrected chi connectivity index (χ4v) is 3.90. The van der Waals surface area contributed by atoms with Gasteiger partial charge in [0, 0.05) is 21.5 Å². The lowest BCUT2D eigenvalue weighted by molar-refractivity contribution is -0.385. The first kappa shape index (κ1) is 25.2. The van der Waals surface area contributed by atoms with Crippen molar-refractivity contribution in [2.45, 2.75) is 32.8 Å². The third-order valence-electron chi connectivity index (χ3n) is 5.31. The van der Waals surface area contributed by atoms with E-state index in [4.69, 9.17) is 4.74 Å². The monoisotopic (exact) mass is 552 g/mol. The number of nitrogens with zero attached hydrogens (tertiary/aromatic N) is 4. The summed E-state index contributed by atoms with van der Waals surface area (Å²) < 4.78 is 21.0. The maximum atomic E-state index is 13.4. The lowest BCUT2D eigenvalue weighted by atomic mass is 9.95. The highest BCUT2D eigenvalue weighted by atomic mass is 79.9. The fourth-order valence-electron chi connectivity index (χ4n) is 3.54. The van der Waals surface area contributed by atoms with Crippen molar-refractivity contribution in [1.29, 1.82) is 0 Å². The van der Waals surface area contributed by atoms with Crippen LogP contribution in [0, 0.1) is 15.9 Å². The summed E-state index contributed by atoms with van der Waals surface area (Å²) in [6.07, 6.45) is 1.34. The van der Waals surface area contributed by atoms with Crippen LogP contribution in [0.3, 0.4) is 0 Å². The van der Waals surface area contributed by atoms with Crippen molar-refractivity contribution in [2.24, 2.45) is 5.10 Å². The zero-order valence-corrected chi connectivity index (χ0v) is 21.3. The van der Waals surface area contributed by atoms with Gasteiger partial charge in [0.1, 0.15) is 18.2 Å². The summed E-state index contributed by atoms with van der Waals surface area (Å²) in [6, 6.07) is 15.3. The molecular weight excluding hydrogens is 531 g/mol. The maximum absolute atomic E-state index is 13.4. The number of para-hydroxylation sites is 1. The van der Waals surface area contributed by atoms with Crippen LogP contribution in [0.15, 0.2) is 75.0 Å². The van der Waals surface area contributed by atoms with Crippen molar-refractivity contribution in [1.82, 2.24) is 9.66 Å². The van der Waals surface area contributed by atoms with Crippen LogP contribution in [0.25, 0.3) is 10.9 Å². The van der Waals surface area contributed by atoms with E-state index in [0.29, 0.717) is 27.9 Å². The summed E-state index contributed by atoms with van der Waals surface area (Å²) in [5.41, 5.74) is 0.313. The molecule has 4 rings (SSSR count). The molecule has 36 heavy (non-hydrogen) atoms. The molecule has 0 bridgehead atoms. The number of benzene rings is 3. The normalized spacial score (nSPS) is 11.8. The van der Waals surface area contributed by atoms with Crippen LogP contribution in [0.1, 0.15) is 37.7 Å². The van der Waals surface area contributed by atoms with E-state index in [2.05, 4.69) is 26.0 Å². The molecule has 0 radical (unpaired) electrons. The molecule has 0 atom stereocenters. The fraction of sp³-hybridized carbons (Fsp3) is 0.192. The van der Waals surface area contributed by atoms with Gasteiger partial charge in [-0.3, -0.25) is 14.9 Å². The van der Waals surface area contributed by atoms with Crippen LogP contribution in [0.5, 0.6) is 5.75 Å². The molecule has 0 saturated heterocycles. The average molecular weight is 553 g/mol. The molecule has 184 valence electrons. The van der Waals surface area contributed by atoms with Gasteiger partial charge >= 0.3 is 5.69 Å². The van der Waals surface area contributed by atoms with E-state index < -0.39 is 16.2 Å². The molecule has 0 saturated carbocycles. The van der Waals surface area contributed by atoms with E-state index in [-0.39, 0.29) is 23.6 Å². The molecule has 0 aliphatic rings. The molecule has 0 aliphatic carbocycles. The molecule has 1 aromatic heterocycles. The van der Waals surface area contributed by atoms with E-state index in [1.807, 2.05) is 26.8 Å². The van der Waals surface area contributed by atoms with Crippen LogP contribution < -0.4 is 10.3 Å². The highest BCUT2D eigenvalue weighted by Gasteiger charge is 2.23. The summed E-state index contributed by atoms with van der Waals surface area (Å²) in [6.45, 7) is 5.72. The minimum absolute atomic E-state index is 0.0163. The highest BCUT2D eigenvalue weighted by molar-refractivity contribution is 9.10. The molecule has 0 aliphatic heterocycles. The molecule has 8 nitrogen and oxygen atoms in total. The Morgan fingerprint density at radius 2 is 1.89 bits per heavy atom. The molecule has 0 fully saturated rings. The van der Waals surface area contributed by atoms with Crippen molar-refractivity contribution >= 4 is 38.7 Å². The Morgan fingerprint density at radius 3 is 2.56 bits per heavy atom. The number of ether oxygens (including phenoxy) is 1. The van der Waals surface area contributed by atoms with Crippen molar-refractivity contribution in [3.05, 3.63) is 108 Å². The Labute approximate surface area is 214 Å². The standard InChI is InChI=1S/C26H22BrFN4O4/c1-26(2,3)25-30-21-12-9-18(27)13-20(21)24(33)31(25)29-14-17-5-4-6-22(32(34)35)23(17)36-15-16-7-10-19(28)11-8-16/h4-14H,15H2,1-3H3. The Bertz CT molecular complexity index is 1540.